The number of nitrogens with zero attached hydrogens (tertiary/aromatic N) is 1. The minimum atomic E-state index is -0.911. The Hall–Kier alpha value is -2.40. The van der Waals surface area contributed by atoms with Gasteiger partial charge in [-0.1, -0.05) is 18.2 Å². The molecule has 5 heteroatoms. The van der Waals surface area contributed by atoms with Crippen molar-refractivity contribution in [2.45, 2.75) is 20.0 Å². The van der Waals surface area contributed by atoms with E-state index in [1.807, 2.05) is 25.1 Å². The molecule has 0 aliphatic heterocycles. The molecule has 21 heavy (non-hydrogen) atoms. The van der Waals surface area contributed by atoms with Crippen LogP contribution in [0.4, 0.5) is 0 Å². The normalized spacial score (nSPS) is 10.3. The Labute approximate surface area is 123 Å². The van der Waals surface area contributed by atoms with Gasteiger partial charge in [-0.3, -0.25) is 0 Å². The number of aromatic carboxylic acids is 1. The highest BCUT2D eigenvalue weighted by molar-refractivity contribution is 5.87. The smallest absolute Gasteiger partial charge is 0.335 e. The zero-order chi connectivity index (χ0) is 15.1. The number of aromatic nitrogens is 1. The lowest BCUT2D eigenvalue weighted by Gasteiger charge is -2.07. The van der Waals surface area contributed by atoms with Crippen molar-refractivity contribution in [3.8, 4) is 5.88 Å². The Bertz CT molecular complexity index is 597. The zero-order valence-corrected chi connectivity index (χ0v) is 11.9. The van der Waals surface area contributed by atoms with E-state index < -0.39 is 5.97 Å². The van der Waals surface area contributed by atoms with Crippen LogP contribution < -0.4 is 10.1 Å². The van der Waals surface area contributed by atoms with Gasteiger partial charge in [-0.2, -0.15) is 0 Å². The summed E-state index contributed by atoms with van der Waals surface area (Å²) in [6.07, 6.45) is 0. The number of nitrogens with one attached hydrogen (secondary N) is 1. The molecule has 2 aromatic rings. The summed E-state index contributed by atoms with van der Waals surface area (Å²) in [5.74, 6) is -0.283. The largest absolute Gasteiger partial charge is 0.478 e. The average molecular weight is 286 g/mol. The predicted octanol–water partition coefficient (Wildman–Crippen LogP) is 2.47. The number of carboxylic acid groups (broad SMARTS) is 1. The van der Waals surface area contributed by atoms with Crippen LogP contribution in [0.15, 0.2) is 42.5 Å². The maximum atomic E-state index is 10.8. The summed E-state index contributed by atoms with van der Waals surface area (Å²) in [4.78, 5) is 15.1. The maximum Gasteiger partial charge on any atom is 0.335 e. The number of ether oxygens (including phenoxy) is 1. The Balaban J connectivity index is 1.86. The summed E-state index contributed by atoms with van der Waals surface area (Å²) in [6, 6.07) is 12.5. The Morgan fingerprint density at radius 2 is 1.95 bits per heavy atom. The zero-order valence-electron chi connectivity index (χ0n) is 11.9. The quantitative estimate of drug-likeness (QED) is 0.818. The fourth-order valence-corrected chi connectivity index (χ4v) is 1.88. The number of carbonyl (C=O) groups is 1. The third kappa shape index (κ3) is 4.57. The van der Waals surface area contributed by atoms with Crippen molar-refractivity contribution in [1.29, 1.82) is 0 Å². The van der Waals surface area contributed by atoms with Gasteiger partial charge in [-0.15, -0.1) is 0 Å². The molecule has 1 aromatic carbocycles. The maximum absolute atomic E-state index is 10.8. The van der Waals surface area contributed by atoms with Gasteiger partial charge in [0.1, 0.15) is 0 Å². The molecule has 0 saturated heterocycles. The van der Waals surface area contributed by atoms with Crippen molar-refractivity contribution in [1.82, 2.24) is 10.3 Å². The lowest BCUT2D eigenvalue weighted by Crippen LogP contribution is -2.14. The Kier molecular flexibility index (Phi) is 5.29. The molecule has 2 N–H and O–H groups in total. The minimum Gasteiger partial charge on any atom is -0.478 e. The molecule has 0 radical (unpaired) electrons. The van der Waals surface area contributed by atoms with Crippen molar-refractivity contribution >= 4 is 5.97 Å². The van der Waals surface area contributed by atoms with E-state index in [4.69, 9.17) is 9.84 Å². The molecule has 0 atom stereocenters. The van der Waals surface area contributed by atoms with Gasteiger partial charge in [0.05, 0.1) is 17.9 Å². The first-order valence-electron chi connectivity index (χ1n) is 6.80. The van der Waals surface area contributed by atoms with Crippen LogP contribution in [0.1, 0.15) is 28.5 Å². The van der Waals surface area contributed by atoms with E-state index in [0.717, 1.165) is 11.3 Å². The van der Waals surface area contributed by atoms with Gasteiger partial charge in [0.15, 0.2) is 0 Å². The van der Waals surface area contributed by atoms with Crippen LogP contribution in [0.25, 0.3) is 0 Å². The molecule has 0 saturated carbocycles. The Morgan fingerprint density at radius 1 is 1.19 bits per heavy atom. The number of carboxylic acids is 1. The van der Waals surface area contributed by atoms with Crippen LogP contribution in [0, 0.1) is 0 Å². The van der Waals surface area contributed by atoms with Crippen LogP contribution >= 0.6 is 0 Å². The third-order valence-electron chi connectivity index (χ3n) is 2.91. The number of pyridine rings is 1. The van der Waals surface area contributed by atoms with Crippen LogP contribution in [-0.4, -0.2) is 22.7 Å². The molecule has 0 fully saturated rings. The van der Waals surface area contributed by atoms with Crippen LogP contribution in [-0.2, 0) is 13.1 Å². The first kappa shape index (κ1) is 15.0. The molecule has 110 valence electrons. The fraction of sp³-hybridized carbons (Fsp3) is 0.250. The van der Waals surface area contributed by atoms with E-state index in [-0.39, 0.29) is 0 Å². The first-order chi connectivity index (χ1) is 10.2. The predicted molar refractivity (Wildman–Crippen MR) is 79.4 cm³/mol. The van der Waals surface area contributed by atoms with Crippen molar-refractivity contribution < 1.29 is 14.6 Å². The van der Waals surface area contributed by atoms with Gasteiger partial charge < -0.3 is 15.2 Å². The van der Waals surface area contributed by atoms with Gasteiger partial charge >= 0.3 is 5.97 Å². The second-order valence-electron chi connectivity index (χ2n) is 4.51. The molecule has 1 heterocycles. The van der Waals surface area contributed by atoms with E-state index in [0.29, 0.717) is 31.1 Å². The highest BCUT2D eigenvalue weighted by Crippen LogP contribution is 2.08. The van der Waals surface area contributed by atoms with Crippen LogP contribution in [0.2, 0.25) is 0 Å². The van der Waals surface area contributed by atoms with Crippen LogP contribution in [0.5, 0.6) is 5.88 Å². The number of hydrogen-bond donors (Lipinski definition) is 2. The van der Waals surface area contributed by atoms with Gasteiger partial charge in [-0.25, -0.2) is 9.78 Å². The molecule has 0 amide bonds. The second kappa shape index (κ2) is 7.40. The van der Waals surface area contributed by atoms with E-state index >= 15 is 0 Å². The number of hydrogen-bond acceptors (Lipinski definition) is 4. The highest BCUT2D eigenvalue weighted by atomic mass is 16.5. The first-order valence-corrected chi connectivity index (χ1v) is 6.80. The van der Waals surface area contributed by atoms with E-state index in [2.05, 4.69) is 10.3 Å². The van der Waals surface area contributed by atoms with Gasteiger partial charge in [-0.05, 0) is 30.7 Å². The molecule has 5 nitrogen and oxygen atoms in total. The molecule has 2 rings (SSSR count). The minimum absolute atomic E-state index is 0.296. The lowest BCUT2D eigenvalue weighted by molar-refractivity contribution is 0.0697. The number of rotatable bonds is 7. The molecular weight excluding hydrogens is 268 g/mol. The lowest BCUT2D eigenvalue weighted by atomic mass is 10.1. The Morgan fingerprint density at radius 3 is 2.62 bits per heavy atom. The van der Waals surface area contributed by atoms with Gasteiger partial charge in [0, 0.05) is 19.2 Å². The summed E-state index contributed by atoms with van der Waals surface area (Å²) in [7, 11) is 0. The van der Waals surface area contributed by atoms with Gasteiger partial charge in [0.2, 0.25) is 5.88 Å². The van der Waals surface area contributed by atoms with Crippen molar-refractivity contribution in [2.24, 2.45) is 0 Å². The summed E-state index contributed by atoms with van der Waals surface area (Å²) in [5, 5.41) is 12.1. The third-order valence-corrected chi connectivity index (χ3v) is 2.91. The van der Waals surface area contributed by atoms with Crippen molar-refractivity contribution in [3.63, 3.8) is 0 Å². The summed E-state index contributed by atoms with van der Waals surface area (Å²) in [6.45, 7) is 3.80. The van der Waals surface area contributed by atoms with Crippen molar-refractivity contribution in [3.05, 3.63) is 59.3 Å². The molecule has 0 aliphatic carbocycles. The molecule has 0 spiro atoms. The van der Waals surface area contributed by atoms with E-state index in [9.17, 15) is 4.79 Å². The average Bonchev–Trinajstić information content (AvgIpc) is 2.48. The molecular formula is C16H18N2O3. The van der Waals surface area contributed by atoms with Gasteiger partial charge in [0.25, 0.3) is 0 Å². The monoisotopic (exact) mass is 286 g/mol. The summed E-state index contributed by atoms with van der Waals surface area (Å²) >= 11 is 0. The highest BCUT2D eigenvalue weighted by Gasteiger charge is 2.02. The van der Waals surface area contributed by atoms with E-state index in [1.165, 1.54) is 0 Å². The SMILES string of the molecule is CCOc1cccc(CNCc2ccc(C(=O)O)cc2)n1. The molecule has 1 aromatic heterocycles. The van der Waals surface area contributed by atoms with E-state index in [1.54, 1.807) is 24.3 Å². The van der Waals surface area contributed by atoms with Crippen molar-refractivity contribution in [2.75, 3.05) is 6.61 Å². The molecule has 0 aliphatic rings. The molecule has 0 bridgehead atoms. The standard InChI is InChI=1S/C16H18N2O3/c1-2-21-15-5-3-4-14(18-15)11-17-10-12-6-8-13(9-7-12)16(19)20/h3-9,17H,2,10-11H2,1H3,(H,19,20). The summed E-state index contributed by atoms with van der Waals surface area (Å²) in [5.41, 5.74) is 2.23. The second-order valence-corrected chi connectivity index (χ2v) is 4.51. The number of benzene rings is 1. The van der Waals surface area contributed by atoms with Crippen LogP contribution in [0.3, 0.4) is 0 Å². The molecule has 0 unspecified atom stereocenters. The fourth-order valence-electron chi connectivity index (χ4n) is 1.88. The topological polar surface area (TPSA) is 71.5 Å². The summed E-state index contributed by atoms with van der Waals surface area (Å²) < 4.78 is 5.35.